The largest absolute Gasteiger partial charge is 0.416 e. The standard InChI is InChI=1S/C20H19N5O6/c26-9-14-15(27)16(28)17(29)18(30-14)20-23-22-19(31-20)12-8-25(24-21-12)13-7-3-5-10-4-1-2-6-11(10)13/h1-8,14-18,26-29H,9H2/t14-,15-,16+,17-,18-/m1/s1. The topological polar surface area (TPSA) is 160 Å². The number of aromatic nitrogens is 5. The number of hydrogen-bond donors (Lipinski definition) is 4. The molecule has 2 aromatic carbocycles. The summed E-state index contributed by atoms with van der Waals surface area (Å²) in [6.45, 7) is -0.554. The normalized spacial score (nSPS) is 26.4. The van der Waals surface area contributed by atoms with E-state index in [1.807, 2.05) is 42.5 Å². The fraction of sp³-hybridized carbons (Fsp3) is 0.300. The zero-order valence-electron chi connectivity index (χ0n) is 16.1. The first-order chi connectivity index (χ1) is 15.1. The van der Waals surface area contributed by atoms with E-state index in [1.165, 1.54) is 0 Å². The van der Waals surface area contributed by atoms with E-state index in [0.717, 1.165) is 16.5 Å². The number of benzene rings is 2. The summed E-state index contributed by atoms with van der Waals surface area (Å²) in [5, 5.41) is 57.5. The molecule has 0 bridgehead atoms. The molecule has 0 unspecified atom stereocenters. The van der Waals surface area contributed by atoms with Gasteiger partial charge in [0, 0.05) is 5.39 Å². The van der Waals surface area contributed by atoms with Crippen LogP contribution in [0.25, 0.3) is 28.0 Å². The van der Waals surface area contributed by atoms with Gasteiger partial charge in [0.1, 0.15) is 24.4 Å². The van der Waals surface area contributed by atoms with Crippen LogP contribution in [0.3, 0.4) is 0 Å². The molecule has 5 atom stereocenters. The Morgan fingerprint density at radius 3 is 2.55 bits per heavy atom. The molecule has 5 rings (SSSR count). The van der Waals surface area contributed by atoms with Crippen molar-refractivity contribution in [2.24, 2.45) is 0 Å². The van der Waals surface area contributed by atoms with Crippen LogP contribution in [0.4, 0.5) is 0 Å². The molecule has 0 amide bonds. The lowest BCUT2D eigenvalue weighted by atomic mass is 9.95. The molecule has 4 N–H and O–H groups in total. The van der Waals surface area contributed by atoms with Crippen molar-refractivity contribution in [2.45, 2.75) is 30.5 Å². The number of rotatable bonds is 4. The Bertz CT molecular complexity index is 1200. The Labute approximate surface area is 175 Å². The maximum Gasteiger partial charge on any atom is 0.269 e. The zero-order chi connectivity index (χ0) is 21.5. The molecule has 160 valence electrons. The molecule has 0 radical (unpaired) electrons. The first kappa shape index (κ1) is 19.7. The summed E-state index contributed by atoms with van der Waals surface area (Å²) in [5.74, 6) is -0.0787. The van der Waals surface area contributed by atoms with Crippen molar-refractivity contribution in [1.82, 2.24) is 25.2 Å². The van der Waals surface area contributed by atoms with Crippen LogP contribution in [0, 0.1) is 0 Å². The number of aliphatic hydroxyl groups is 4. The minimum absolute atomic E-state index is 0.0402. The van der Waals surface area contributed by atoms with E-state index in [9.17, 15) is 20.4 Å². The third-order valence-corrected chi connectivity index (χ3v) is 5.30. The summed E-state index contributed by atoms with van der Waals surface area (Å²) in [6.07, 6.45) is -5.20. The number of ether oxygens (including phenoxy) is 1. The second kappa shape index (κ2) is 7.80. The maximum absolute atomic E-state index is 10.2. The minimum Gasteiger partial charge on any atom is -0.416 e. The maximum atomic E-state index is 10.2. The quantitative estimate of drug-likeness (QED) is 0.350. The lowest BCUT2D eigenvalue weighted by Crippen LogP contribution is -2.55. The molecule has 4 aromatic rings. The van der Waals surface area contributed by atoms with Gasteiger partial charge in [-0.15, -0.1) is 15.3 Å². The smallest absolute Gasteiger partial charge is 0.269 e. The highest BCUT2D eigenvalue weighted by Gasteiger charge is 2.46. The molecule has 1 saturated heterocycles. The second-order valence-corrected chi connectivity index (χ2v) is 7.24. The SMILES string of the molecule is OC[C@H]1O[C@@H](c2nnc(-c3cn(-c4cccc5ccccc45)nn3)o2)[C@H](O)[C@@H](O)[C@@H]1O. The van der Waals surface area contributed by atoms with Crippen molar-refractivity contribution in [3.63, 3.8) is 0 Å². The molecule has 0 spiro atoms. The highest BCUT2D eigenvalue weighted by Crippen LogP contribution is 2.33. The molecular weight excluding hydrogens is 406 g/mol. The van der Waals surface area contributed by atoms with Gasteiger partial charge in [-0.2, -0.15) is 0 Å². The van der Waals surface area contributed by atoms with Gasteiger partial charge in [0.2, 0.25) is 5.89 Å². The van der Waals surface area contributed by atoms with Crippen molar-refractivity contribution in [3.05, 3.63) is 54.6 Å². The van der Waals surface area contributed by atoms with Crippen LogP contribution in [-0.2, 0) is 4.74 Å². The molecule has 11 heteroatoms. The molecule has 1 aliphatic heterocycles. The van der Waals surface area contributed by atoms with Crippen LogP contribution in [0.2, 0.25) is 0 Å². The molecule has 31 heavy (non-hydrogen) atoms. The molecule has 1 aliphatic rings. The number of nitrogens with zero attached hydrogens (tertiary/aromatic N) is 5. The van der Waals surface area contributed by atoms with Crippen LogP contribution in [0.5, 0.6) is 0 Å². The summed E-state index contributed by atoms with van der Waals surface area (Å²) >= 11 is 0. The summed E-state index contributed by atoms with van der Waals surface area (Å²) in [5.41, 5.74) is 1.13. The average Bonchev–Trinajstić information content (AvgIpc) is 3.47. The number of fused-ring (bicyclic) bond motifs is 1. The van der Waals surface area contributed by atoms with E-state index in [0.29, 0.717) is 5.69 Å². The van der Waals surface area contributed by atoms with Gasteiger partial charge in [-0.05, 0) is 11.5 Å². The van der Waals surface area contributed by atoms with E-state index in [4.69, 9.17) is 9.15 Å². The Balaban J connectivity index is 1.44. The van der Waals surface area contributed by atoms with Crippen LogP contribution < -0.4 is 0 Å². The van der Waals surface area contributed by atoms with Crippen LogP contribution in [-0.4, -0.2) is 76.6 Å². The highest BCUT2D eigenvalue weighted by molar-refractivity contribution is 5.90. The van der Waals surface area contributed by atoms with Crippen LogP contribution in [0.1, 0.15) is 12.0 Å². The van der Waals surface area contributed by atoms with E-state index in [1.54, 1.807) is 10.9 Å². The molecule has 1 fully saturated rings. The van der Waals surface area contributed by atoms with E-state index < -0.39 is 37.1 Å². The first-order valence-corrected chi connectivity index (χ1v) is 9.61. The predicted molar refractivity (Wildman–Crippen MR) is 105 cm³/mol. The molecule has 11 nitrogen and oxygen atoms in total. The molecule has 0 saturated carbocycles. The lowest BCUT2D eigenvalue weighted by Gasteiger charge is -2.38. The van der Waals surface area contributed by atoms with Crippen LogP contribution >= 0.6 is 0 Å². The molecular formula is C20H19N5O6. The second-order valence-electron chi connectivity index (χ2n) is 7.24. The Hall–Kier alpha value is -3.22. The monoisotopic (exact) mass is 425 g/mol. The Morgan fingerprint density at radius 2 is 1.71 bits per heavy atom. The van der Waals surface area contributed by atoms with Gasteiger partial charge in [0.05, 0.1) is 18.5 Å². The zero-order valence-corrected chi connectivity index (χ0v) is 16.1. The van der Waals surface area contributed by atoms with Crippen LogP contribution in [0.15, 0.2) is 53.1 Å². The van der Waals surface area contributed by atoms with Gasteiger partial charge in [-0.1, -0.05) is 41.6 Å². The predicted octanol–water partition coefficient (Wildman–Crippen LogP) is -0.0146. The summed E-state index contributed by atoms with van der Waals surface area (Å²) in [7, 11) is 0. The van der Waals surface area contributed by atoms with Gasteiger partial charge in [-0.3, -0.25) is 0 Å². The average molecular weight is 425 g/mol. The fourth-order valence-electron chi connectivity index (χ4n) is 3.65. The number of aliphatic hydroxyl groups excluding tert-OH is 4. The molecule has 2 aromatic heterocycles. The fourth-order valence-corrected chi connectivity index (χ4v) is 3.65. The third kappa shape index (κ3) is 3.38. The summed E-state index contributed by atoms with van der Waals surface area (Å²) in [4.78, 5) is 0. The van der Waals surface area contributed by atoms with Gasteiger partial charge < -0.3 is 29.6 Å². The van der Waals surface area contributed by atoms with E-state index >= 15 is 0 Å². The lowest BCUT2D eigenvalue weighted by molar-refractivity contribution is -0.236. The van der Waals surface area contributed by atoms with E-state index in [-0.39, 0.29) is 11.8 Å². The van der Waals surface area contributed by atoms with Gasteiger partial charge in [-0.25, -0.2) is 4.68 Å². The first-order valence-electron chi connectivity index (χ1n) is 9.61. The van der Waals surface area contributed by atoms with Gasteiger partial charge in [0.25, 0.3) is 5.89 Å². The number of hydrogen-bond acceptors (Lipinski definition) is 10. The van der Waals surface area contributed by atoms with Crippen molar-refractivity contribution in [3.8, 4) is 17.3 Å². The van der Waals surface area contributed by atoms with Crippen molar-refractivity contribution in [1.29, 1.82) is 0 Å². The van der Waals surface area contributed by atoms with Gasteiger partial charge in [0.15, 0.2) is 11.8 Å². The van der Waals surface area contributed by atoms with Crippen molar-refractivity contribution in [2.75, 3.05) is 6.61 Å². The molecule has 3 heterocycles. The minimum atomic E-state index is -1.54. The van der Waals surface area contributed by atoms with Crippen molar-refractivity contribution >= 4 is 10.8 Å². The Kier molecular flexibility index (Phi) is 4.96. The van der Waals surface area contributed by atoms with Crippen molar-refractivity contribution < 1.29 is 29.6 Å². The summed E-state index contributed by atoms with van der Waals surface area (Å²) < 4.78 is 12.6. The molecule has 0 aliphatic carbocycles. The van der Waals surface area contributed by atoms with Gasteiger partial charge >= 0.3 is 0 Å². The van der Waals surface area contributed by atoms with E-state index in [2.05, 4.69) is 20.5 Å². The highest BCUT2D eigenvalue weighted by atomic mass is 16.6. The Morgan fingerprint density at radius 1 is 0.903 bits per heavy atom. The summed E-state index contributed by atoms with van der Waals surface area (Å²) in [6, 6.07) is 13.7. The third-order valence-electron chi connectivity index (χ3n) is 5.30.